The molecule has 1 rings (SSSR count). The van der Waals surface area contributed by atoms with Gasteiger partial charge in [-0.05, 0) is 11.6 Å². The molecule has 0 amide bonds. The van der Waals surface area contributed by atoms with Gasteiger partial charge in [-0.3, -0.25) is 0 Å². The third-order valence-corrected chi connectivity index (χ3v) is 2.03. The predicted molar refractivity (Wildman–Crippen MR) is 46.2 cm³/mol. The first kappa shape index (κ1) is 9.38. The summed E-state index contributed by atoms with van der Waals surface area (Å²) in [6.07, 6.45) is -1.14. The highest BCUT2D eigenvalue weighted by Crippen LogP contribution is 2.25. The van der Waals surface area contributed by atoms with Crippen LogP contribution in [0.15, 0.2) is 12.3 Å². The minimum absolute atomic E-state index is 0.0561. The number of pyridine rings is 1. The summed E-state index contributed by atoms with van der Waals surface area (Å²) in [5.74, 6) is 0.120. The van der Waals surface area contributed by atoms with Crippen molar-refractivity contribution in [2.45, 2.75) is 11.8 Å². The Labute approximate surface area is 76.9 Å². The summed E-state index contributed by atoms with van der Waals surface area (Å²) in [5.41, 5.74) is 5.68. The highest BCUT2D eigenvalue weighted by Gasteiger charge is 2.12. The van der Waals surface area contributed by atoms with Crippen LogP contribution in [-0.4, -0.2) is 4.98 Å². The number of nitrogens with two attached hydrogens (primary N) is 1. The molecule has 12 heavy (non-hydrogen) atoms. The zero-order valence-electron chi connectivity index (χ0n) is 6.10. The lowest BCUT2D eigenvalue weighted by atomic mass is 10.1. The third-order valence-electron chi connectivity index (χ3n) is 1.42. The van der Waals surface area contributed by atoms with Crippen molar-refractivity contribution in [2.75, 3.05) is 5.73 Å². The molecule has 0 aromatic carbocycles. The van der Waals surface area contributed by atoms with Crippen molar-refractivity contribution in [3.63, 3.8) is 0 Å². The fraction of sp³-hybridized carbons (Fsp3) is 0.286. The van der Waals surface area contributed by atoms with Gasteiger partial charge in [0.1, 0.15) is 5.82 Å². The van der Waals surface area contributed by atoms with E-state index in [9.17, 15) is 8.78 Å². The van der Waals surface area contributed by atoms with Gasteiger partial charge in [-0.15, -0.1) is 0 Å². The molecular weight excluding hydrogens is 230 g/mol. The number of rotatable bonds is 2. The summed E-state index contributed by atoms with van der Waals surface area (Å²) in [6, 6.07) is 1.20. The summed E-state index contributed by atoms with van der Waals surface area (Å²) in [4.78, 5) is 3.71. The SMILES string of the molecule is Nc1cc(C(F)F)c(CBr)cn1. The Hall–Kier alpha value is -0.710. The van der Waals surface area contributed by atoms with Crippen molar-refractivity contribution >= 4 is 21.7 Å². The summed E-state index contributed by atoms with van der Waals surface area (Å²) in [7, 11) is 0. The highest BCUT2D eigenvalue weighted by atomic mass is 79.9. The average Bonchev–Trinajstić information content (AvgIpc) is 2.04. The Kier molecular flexibility index (Phi) is 2.97. The molecular formula is C7H7BrF2N2. The molecule has 0 atom stereocenters. The second-order valence-electron chi connectivity index (χ2n) is 2.24. The number of hydrogen-bond donors (Lipinski definition) is 1. The number of alkyl halides is 3. The van der Waals surface area contributed by atoms with Gasteiger partial charge >= 0.3 is 0 Å². The third kappa shape index (κ3) is 1.91. The van der Waals surface area contributed by atoms with Crippen LogP contribution in [0.5, 0.6) is 0 Å². The van der Waals surface area contributed by atoms with Crippen molar-refractivity contribution in [2.24, 2.45) is 0 Å². The molecule has 0 aliphatic rings. The molecule has 0 spiro atoms. The molecule has 66 valence electrons. The lowest BCUT2D eigenvalue weighted by molar-refractivity contribution is 0.150. The van der Waals surface area contributed by atoms with E-state index < -0.39 is 6.43 Å². The van der Waals surface area contributed by atoms with Gasteiger partial charge in [0.05, 0.1) is 0 Å². The Morgan fingerprint density at radius 1 is 1.58 bits per heavy atom. The Morgan fingerprint density at radius 2 is 2.25 bits per heavy atom. The minimum atomic E-state index is -2.50. The first-order valence-electron chi connectivity index (χ1n) is 3.23. The maximum Gasteiger partial charge on any atom is 0.264 e. The summed E-state index contributed by atoms with van der Waals surface area (Å²) in [5, 5.41) is 0.361. The van der Waals surface area contributed by atoms with E-state index in [4.69, 9.17) is 5.73 Å². The Morgan fingerprint density at radius 3 is 2.75 bits per heavy atom. The molecule has 0 fully saturated rings. The summed E-state index contributed by atoms with van der Waals surface area (Å²) < 4.78 is 24.6. The first-order valence-corrected chi connectivity index (χ1v) is 4.35. The molecule has 0 aliphatic heterocycles. The number of halogens is 3. The Bertz CT molecular complexity index is 278. The standard InChI is InChI=1S/C7H7BrF2N2/c8-2-4-3-12-6(11)1-5(4)7(9)10/h1,3,7H,2H2,(H2,11,12). The van der Waals surface area contributed by atoms with E-state index in [0.717, 1.165) is 0 Å². The molecule has 2 N–H and O–H groups in total. The first-order chi connectivity index (χ1) is 5.65. The normalized spacial score (nSPS) is 10.7. The maximum absolute atomic E-state index is 12.3. The van der Waals surface area contributed by atoms with E-state index in [1.165, 1.54) is 12.3 Å². The molecule has 0 aliphatic carbocycles. The van der Waals surface area contributed by atoms with E-state index in [2.05, 4.69) is 20.9 Å². The van der Waals surface area contributed by atoms with Crippen LogP contribution in [0.2, 0.25) is 0 Å². The molecule has 2 nitrogen and oxygen atoms in total. The van der Waals surface area contributed by atoms with Crippen molar-refractivity contribution in [3.8, 4) is 0 Å². The van der Waals surface area contributed by atoms with Gasteiger partial charge in [0.15, 0.2) is 0 Å². The van der Waals surface area contributed by atoms with Crippen LogP contribution < -0.4 is 5.73 Å². The minimum Gasteiger partial charge on any atom is -0.384 e. The van der Waals surface area contributed by atoms with E-state index in [0.29, 0.717) is 10.9 Å². The van der Waals surface area contributed by atoms with Gasteiger partial charge in [0.2, 0.25) is 0 Å². The molecule has 0 bridgehead atoms. The Balaban J connectivity index is 3.12. The van der Waals surface area contributed by atoms with Crippen molar-refractivity contribution in [1.82, 2.24) is 4.98 Å². The van der Waals surface area contributed by atoms with Crippen LogP contribution in [-0.2, 0) is 5.33 Å². The second kappa shape index (κ2) is 3.80. The van der Waals surface area contributed by atoms with Crippen LogP contribution in [0, 0.1) is 0 Å². The van der Waals surface area contributed by atoms with Gasteiger partial charge < -0.3 is 5.73 Å². The van der Waals surface area contributed by atoms with Crippen LogP contribution >= 0.6 is 15.9 Å². The highest BCUT2D eigenvalue weighted by molar-refractivity contribution is 9.08. The summed E-state index contributed by atoms with van der Waals surface area (Å²) in [6.45, 7) is 0. The van der Waals surface area contributed by atoms with E-state index in [1.807, 2.05) is 0 Å². The van der Waals surface area contributed by atoms with Crippen molar-refractivity contribution < 1.29 is 8.78 Å². The lowest BCUT2D eigenvalue weighted by Crippen LogP contribution is -1.97. The van der Waals surface area contributed by atoms with Crippen LogP contribution in [0.3, 0.4) is 0 Å². The molecule has 1 aromatic heterocycles. The molecule has 0 unspecified atom stereocenters. The quantitative estimate of drug-likeness (QED) is 0.802. The summed E-state index contributed by atoms with van der Waals surface area (Å²) >= 11 is 3.09. The van der Waals surface area contributed by atoms with E-state index in [1.54, 1.807) is 0 Å². The van der Waals surface area contributed by atoms with Gasteiger partial charge in [-0.1, -0.05) is 15.9 Å². The number of nitrogen functional groups attached to an aromatic ring is 1. The molecule has 1 aromatic rings. The van der Waals surface area contributed by atoms with Crippen molar-refractivity contribution in [3.05, 3.63) is 23.4 Å². The van der Waals surface area contributed by atoms with Gasteiger partial charge in [-0.25, -0.2) is 13.8 Å². The fourth-order valence-electron chi connectivity index (χ4n) is 0.831. The maximum atomic E-state index is 12.3. The molecule has 0 saturated heterocycles. The number of hydrogen-bond acceptors (Lipinski definition) is 2. The zero-order valence-corrected chi connectivity index (χ0v) is 7.68. The van der Waals surface area contributed by atoms with Crippen molar-refractivity contribution in [1.29, 1.82) is 0 Å². The average molecular weight is 237 g/mol. The topological polar surface area (TPSA) is 38.9 Å². The predicted octanol–water partition coefficient (Wildman–Crippen LogP) is 2.50. The smallest absolute Gasteiger partial charge is 0.264 e. The number of anilines is 1. The fourth-order valence-corrected chi connectivity index (χ4v) is 1.30. The van der Waals surface area contributed by atoms with Crippen LogP contribution in [0.1, 0.15) is 17.6 Å². The van der Waals surface area contributed by atoms with Gasteiger partial charge in [0, 0.05) is 17.1 Å². The van der Waals surface area contributed by atoms with Crippen LogP contribution in [0.4, 0.5) is 14.6 Å². The monoisotopic (exact) mass is 236 g/mol. The number of aromatic nitrogens is 1. The number of nitrogens with zero attached hydrogens (tertiary/aromatic N) is 1. The zero-order chi connectivity index (χ0) is 9.14. The molecule has 0 radical (unpaired) electrons. The largest absolute Gasteiger partial charge is 0.384 e. The van der Waals surface area contributed by atoms with Gasteiger partial charge in [0.25, 0.3) is 6.43 Å². The van der Waals surface area contributed by atoms with E-state index in [-0.39, 0.29) is 11.4 Å². The lowest BCUT2D eigenvalue weighted by Gasteiger charge is -2.05. The molecule has 5 heteroatoms. The molecule has 0 saturated carbocycles. The molecule has 1 heterocycles. The van der Waals surface area contributed by atoms with E-state index >= 15 is 0 Å². The second-order valence-corrected chi connectivity index (χ2v) is 2.80. The van der Waals surface area contributed by atoms with Crippen LogP contribution in [0.25, 0.3) is 0 Å². The van der Waals surface area contributed by atoms with Gasteiger partial charge in [-0.2, -0.15) is 0 Å².